The van der Waals surface area contributed by atoms with Crippen molar-refractivity contribution in [3.63, 3.8) is 0 Å². The Hall–Kier alpha value is -2.37. The van der Waals surface area contributed by atoms with Crippen molar-refractivity contribution >= 4 is 47.8 Å². The molecule has 0 fully saturated rings. The summed E-state index contributed by atoms with van der Waals surface area (Å²) >= 11 is 7.84. The van der Waals surface area contributed by atoms with Gasteiger partial charge in [0.05, 0.1) is 16.8 Å². The van der Waals surface area contributed by atoms with Crippen molar-refractivity contribution in [2.45, 2.75) is 76.8 Å². The van der Waals surface area contributed by atoms with E-state index in [9.17, 15) is 4.79 Å². The number of halogens is 1. The molecule has 1 N–H and O–H groups in total. The predicted molar refractivity (Wildman–Crippen MR) is 155 cm³/mol. The average Bonchev–Trinajstić information content (AvgIpc) is 3.41. The maximum atomic E-state index is 13.4. The van der Waals surface area contributed by atoms with Gasteiger partial charge in [-0.25, -0.2) is 14.5 Å². The summed E-state index contributed by atoms with van der Waals surface area (Å²) in [7, 11) is -0.393. The highest BCUT2D eigenvalue weighted by Crippen LogP contribution is 2.44. The van der Waals surface area contributed by atoms with Crippen molar-refractivity contribution in [2.24, 2.45) is 0 Å². The minimum Gasteiger partial charge on any atom is -0.411 e. The topological polar surface area (TPSA) is 90.6 Å². The van der Waals surface area contributed by atoms with Gasteiger partial charge >= 0.3 is 0 Å². The average molecular weight is 574 g/mol. The van der Waals surface area contributed by atoms with Crippen molar-refractivity contribution in [1.29, 1.82) is 0 Å². The molecule has 38 heavy (non-hydrogen) atoms. The van der Waals surface area contributed by atoms with Gasteiger partial charge in [0, 0.05) is 37.4 Å². The molecule has 0 aromatic carbocycles. The van der Waals surface area contributed by atoms with E-state index in [-0.39, 0.29) is 10.9 Å². The third-order valence-electron chi connectivity index (χ3n) is 7.17. The number of methoxy groups -OCH3 is 1. The highest BCUT2D eigenvalue weighted by atomic mass is 35.5. The van der Waals surface area contributed by atoms with Gasteiger partial charge in [-0.2, -0.15) is 5.10 Å². The molecular weight excluding hydrogens is 538 g/mol. The number of rotatable bonds is 8. The van der Waals surface area contributed by atoms with E-state index in [1.807, 2.05) is 18.2 Å². The van der Waals surface area contributed by atoms with Crippen LogP contribution in [0.15, 0.2) is 47.9 Å². The summed E-state index contributed by atoms with van der Waals surface area (Å²) in [5, 5.41) is 9.39. The number of allylic oxidation sites excluding steroid dienone is 2. The second kappa shape index (κ2) is 10.3. The van der Waals surface area contributed by atoms with Gasteiger partial charge < -0.3 is 14.5 Å². The standard InChI is InChI=1S/C27H36ClN5O3SSi/c1-25(2,3)38(7,8)36-26(4,5)16-20-31-21(27(35-6)12-9-11-18(28)15-27)24(37-20)32-23(34)19-17-30-33-14-10-13-29-22(19)33/h9-11,13-15,17H,12,16H2,1-8H3,(H,32,34). The molecule has 8 nitrogen and oxygen atoms in total. The molecule has 3 heterocycles. The van der Waals surface area contributed by atoms with E-state index in [1.54, 1.807) is 30.1 Å². The molecule has 1 atom stereocenters. The Morgan fingerprint density at radius 1 is 1.29 bits per heavy atom. The second-order valence-electron chi connectivity index (χ2n) is 11.7. The first-order chi connectivity index (χ1) is 17.7. The number of amides is 1. The zero-order chi connectivity index (χ0) is 27.9. The molecule has 3 aromatic rings. The Kier molecular flexibility index (Phi) is 7.77. The third kappa shape index (κ3) is 5.79. The van der Waals surface area contributed by atoms with E-state index < -0.39 is 19.5 Å². The van der Waals surface area contributed by atoms with E-state index in [0.29, 0.717) is 39.8 Å². The molecular formula is C27H36ClN5O3SSi. The van der Waals surface area contributed by atoms with Crippen LogP contribution in [-0.2, 0) is 21.2 Å². The number of ether oxygens (including phenoxy) is 1. The normalized spacial score (nSPS) is 18.6. The second-order valence-corrected chi connectivity index (χ2v) is 18.0. The van der Waals surface area contributed by atoms with E-state index in [2.05, 4.69) is 63.1 Å². The Balaban J connectivity index is 1.71. The summed E-state index contributed by atoms with van der Waals surface area (Å²) in [6.07, 6.45) is 11.7. The Morgan fingerprint density at radius 3 is 2.68 bits per heavy atom. The first kappa shape index (κ1) is 28.6. The quantitative estimate of drug-likeness (QED) is 0.301. The highest BCUT2D eigenvalue weighted by Gasteiger charge is 2.42. The first-order valence-electron chi connectivity index (χ1n) is 12.6. The van der Waals surface area contributed by atoms with Crippen molar-refractivity contribution in [3.05, 3.63) is 64.2 Å². The monoisotopic (exact) mass is 573 g/mol. The number of hydrogen-bond donors (Lipinski definition) is 1. The predicted octanol–water partition coefficient (Wildman–Crippen LogP) is 6.71. The summed E-state index contributed by atoms with van der Waals surface area (Å²) in [4.78, 5) is 22.8. The van der Waals surface area contributed by atoms with Crippen LogP contribution >= 0.6 is 22.9 Å². The van der Waals surface area contributed by atoms with Crippen molar-refractivity contribution < 1.29 is 14.0 Å². The van der Waals surface area contributed by atoms with E-state index in [0.717, 1.165) is 5.01 Å². The molecule has 0 aliphatic heterocycles. The molecule has 1 aliphatic rings. The molecule has 3 aromatic heterocycles. The van der Waals surface area contributed by atoms with Crippen molar-refractivity contribution in [1.82, 2.24) is 19.6 Å². The summed E-state index contributed by atoms with van der Waals surface area (Å²) < 4.78 is 14.4. The SMILES string of the molecule is COC1(c2nc(CC(C)(C)O[Si](C)(C)C(C)(C)C)sc2NC(=O)c2cnn3cccnc23)C=C(Cl)C=CC1. The van der Waals surface area contributed by atoms with Gasteiger partial charge in [0.1, 0.15) is 21.9 Å². The van der Waals surface area contributed by atoms with Crippen molar-refractivity contribution in [3.8, 4) is 0 Å². The van der Waals surface area contributed by atoms with Gasteiger partial charge in [-0.15, -0.1) is 11.3 Å². The third-order valence-corrected chi connectivity index (χ3v) is 13.1. The maximum absolute atomic E-state index is 13.4. The molecule has 0 saturated heterocycles. The number of carbonyl (C=O) groups excluding carboxylic acids is 1. The van der Waals surface area contributed by atoms with Crippen LogP contribution in [0.4, 0.5) is 5.00 Å². The number of anilines is 1. The number of fused-ring (bicyclic) bond motifs is 1. The fourth-order valence-electron chi connectivity index (χ4n) is 4.29. The Morgan fingerprint density at radius 2 is 2.03 bits per heavy atom. The number of thiazole rings is 1. The van der Waals surface area contributed by atoms with Gasteiger partial charge in [0.25, 0.3) is 5.91 Å². The van der Waals surface area contributed by atoms with Crippen LogP contribution in [0.2, 0.25) is 18.1 Å². The molecule has 204 valence electrons. The fraction of sp³-hybridized carbons (Fsp3) is 0.481. The molecule has 0 spiro atoms. The lowest BCUT2D eigenvalue weighted by Gasteiger charge is -2.42. The number of hydrogen-bond acceptors (Lipinski definition) is 7. The number of aromatic nitrogens is 4. The molecule has 1 aliphatic carbocycles. The van der Waals surface area contributed by atoms with Gasteiger partial charge in [-0.05, 0) is 50.2 Å². The van der Waals surface area contributed by atoms with Crippen LogP contribution in [-0.4, -0.2) is 46.5 Å². The van der Waals surface area contributed by atoms with Crippen molar-refractivity contribution in [2.75, 3.05) is 12.4 Å². The Bertz CT molecular complexity index is 1410. The zero-order valence-corrected chi connectivity index (χ0v) is 25.8. The van der Waals surface area contributed by atoms with E-state index in [1.165, 1.54) is 17.5 Å². The Labute approximate surface area is 234 Å². The van der Waals surface area contributed by atoms with E-state index in [4.69, 9.17) is 25.7 Å². The number of carbonyl (C=O) groups is 1. The summed E-state index contributed by atoms with van der Waals surface area (Å²) in [5.41, 5.74) is 0.101. The lowest BCUT2D eigenvalue weighted by molar-refractivity contribution is 0.0275. The summed E-state index contributed by atoms with van der Waals surface area (Å²) in [6.45, 7) is 15.4. The van der Waals surface area contributed by atoms with E-state index >= 15 is 0 Å². The minimum atomic E-state index is -2.02. The minimum absolute atomic E-state index is 0.0793. The van der Waals surface area contributed by atoms with Gasteiger partial charge in [-0.3, -0.25) is 4.79 Å². The molecule has 1 unspecified atom stereocenters. The zero-order valence-electron chi connectivity index (χ0n) is 23.3. The molecule has 11 heteroatoms. The lowest BCUT2D eigenvalue weighted by Crippen LogP contribution is -2.48. The largest absolute Gasteiger partial charge is 0.411 e. The molecule has 1 amide bonds. The van der Waals surface area contributed by atoms with Gasteiger partial charge in [0.2, 0.25) is 0 Å². The number of nitrogens with zero attached hydrogens (tertiary/aromatic N) is 4. The molecule has 4 rings (SSSR count). The molecule has 0 saturated carbocycles. The van der Waals surface area contributed by atoms with Crippen LogP contribution in [0.25, 0.3) is 5.65 Å². The molecule has 0 bridgehead atoms. The van der Waals surface area contributed by atoms with Crippen LogP contribution in [0.5, 0.6) is 0 Å². The first-order valence-corrected chi connectivity index (χ1v) is 16.7. The van der Waals surface area contributed by atoms with Crippen LogP contribution in [0.3, 0.4) is 0 Å². The highest BCUT2D eigenvalue weighted by molar-refractivity contribution is 7.16. The van der Waals surface area contributed by atoms with Gasteiger partial charge in [-0.1, -0.05) is 38.4 Å². The molecule has 0 radical (unpaired) electrons. The maximum Gasteiger partial charge on any atom is 0.261 e. The van der Waals surface area contributed by atoms with Gasteiger partial charge in [0.15, 0.2) is 14.0 Å². The fourth-order valence-corrected chi connectivity index (χ4v) is 7.57. The van der Waals surface area contributed by atoms with Crippen LogP contribution < -0.4 is 5.32 Å². The lowest BCUT2D eigenvalue weighted by atomic mass is 9.91. The summed E-state index contributed by atoms with van der Waals surface area (Å²) in [6, 6.07) is 1.76. The van der Waals surface area contributed by atoms with Crippen LogP contribution in [0, 0.1) is 0 Å². The smallest absolute Gasteiger partial charge is 0.261 e. The van der Waals surface area contributed by atoms with Crippen LogP contribution in [0.1, 0.15) is 62.1 Å². The number of nitrogens with one attached hydrogen (secondary N) is 1. The summed E-state index contributed by atoms with van der Waals surface area (Å²) in [5.74, 6) is -0.320.